The molecular weight excluding hydrogens is 350 g/mol. The van der Waals surface area contributed by atoms with E-state index >= 15 is 0 Å². The molecular formula is C12H23NO8S2. The van der Waals surface area contributed by atoms with Crippen molar-refractivity contribution in [1.82, 2.24) is 4.90 Å². The number of unbranched alkanes of at least 4 members (excludes halogenated alkanes) is 1. The van der Waals surface area contributed by atoms with Crippen LogP contribution in [0.25, 0.3) is 0 Å². The summed E-state index contributed by atoms with van der Waals surface area (Å²) in [6.07, 6.45) is 2.06. The van der Waals surface area contributed by atoms with Crippen LogP contribution in [0.15, 0.2) is 0 Å². The number of amides is 1. The molecule has 0 aromatic rings. The third-order valence-corrected chi connectivity index (χ3v) is 4.35. The van der Waals surface area contributed by atoms with E-state index in [0.29, 0.717) is 6.42 Å². The number of hydrogen-bond acceptors (Lipinski definition) is 8. The fraction of sp³-hybridized carbons (Fsp3) is 0.917. The third kappa shape index (κ3) is 7.46. The fourth-order valence-electron chi connectivity index (χ4n) is 2.17. The van der Waals surface area contributed by atoms with E-state index in [4.69, 9.17) is 13.1 Å². The second kappa shape index (κ2) is 8.27. The van der Waals surface area contributed by atoms with Crippen molar-refractivity contribution in [2.45, 2.75) is 38.3 Å². The van der Waals surface area contributed by atoms with Crippen LogP contribution in [0.2, 0.25) is 0 Å². The van der Waals surface area contributed by atoms with Gasteiger partial charge in [-0.25, -0.2) is 4.79 Å². The lowest BCUT2D eigenvalue weighted by molar-refractivity contribution is 0.0663. The van der Waals surface area contributed by atoms with Crippen molar-refractivity contribution >= 4 is 26.3 Å². The van der Waals surface area contributed by atoms with Gasteiger partial charge in [-0.2, -0.15) is 16.8 Å². The van der Waals surface area contributed by atoms with Crippen LogP contribution in [0, 0.1) is 0 Å². The Morgan fingerprint density at radius 1 is 1.17 bits per heavy atom. The Kier molecular flexibility index (Phi) is 7.24. The molecule has 1 saturated heterocycles. The van der Waals surface area contributed by atoms with E-state index < -0.39 is 38.5 Å². The summed E-state index contributed by atoms with van der Waals surface area (Å²) in [6.45, 7) is 2.00. The monoisotopic (exact) mass is 373 g/mol. The second-order valence-corrected chi connectivity index (χ2v) is 8.59. The Morgan fingerprint density at radius 2 is 1.83 bits per heavy atom. The van der Waals surface area contributed by atoms with Gasteiger partial charge >= 0.3 is 6.09 Å². The average molecular weight is 373 g/mol. The molecule has 0 saturated carbocycles. The smallest absolute Gasteiger partial charge is 0.410 e. The summed E-state index contributed by atoms with van der Waals surface area (Å²) in [6, 6.07) is -0.853. The molecule has 0 radical (unpaired) electrons. The van der Waals surface area contributed by atoms with Gasteiger partial charge in [0.15, 0.2) is 0 Å². The Bertz CT molecular complexity index is 601. The summed E-state index contributed by atoms with van der Waals surface area (Å²) >= 11 is 0. The van der Waals surface area contributed by atoms with Gasteiger partial charge in [0.05, 0.1) is 31.8 Å². The SMILES string of the molecule is CCCCOC(=O)N1CC[C@H](OS(C)(=O)=O)[C@H]1COS(C)(=O)=O. The molecule has 0 spiro atoms. The predicted molar refractivity (Wildman–Crippen MR) is 81.9 cm³/mol. The molecule has 2 atom stereocenters. The number of carbonyl (C=O) groups is 1. The fourth-order valence-corrected chi connectivity index (χ4v) is 3.23. The lowest BCUT2D eigenvalue weighted by Crippen LogP contribution is -2.44. The van der Waals surface area contributed by atoms with Gasteiger partial charge in [0.1, 0.15) is 6.10 Å². The summed E-state index contributed by atoms with van der Waals surface area (Å²) in [5, 5.41) is 0. The van der Waals surface area contributed by atoms with E-state index in [1.165, 1.54) is 4.90 Å². The molecule has 1 amide bonds. The van der Waals surface area contributed by atoms with Gasteiger partial charge in [0.2, 0.25) is 0 Å². The van der Waals surface area contributed by atoms with Crippen LogP contribution >= 0.6 is 0 Å². The van der Waals surface area contributed by atoms with Crippen molar-refractivity contribution in [1.29, 1.82) is 0 Å². The summed E-state index contributed by atoms with van der Waals surface area (Å²) in [7, 11) is -7.48. The van der Waals surface area contributed by atoms with Crippen molar-refractivity contribution < 1.29 is 34.7 Å². The molecule has 9 nitrogen and oxygen atoms in total. The molecule has 23 heavy (non-hydrogen) atoms. The highest BCUT2D eigenvalue weighted by molar-refractivity contribution is 7.86. The topological polar surface area (TPSA) is 116 Å². The van der Waals surface area contributed by atoms with E-state index in [9.17, 15) is 21.6 Å². The molecule has 1 aliphatic heterocycles. The zero-order valence-electron chi connectivity index (χ0n) is 13.4. The summed E-state index contributed by atoms with van der Waals surface area (Å²) in [4.78, 5) is 13.3. The molecule has 1 aliphatic rings. The van der Waals surface area contributed by atoms with Crippen molar-refractivity contribution in [2.24, 2.45) is 0 Å². The van der Waals surface area contributed by atoms with Crippen LogP contribution in [0.3, 0.4) is 0 Å². The van der Waals surface area contributed by atoms with E-state index in [0.717, 1.165) is 18.9 Å². The Morgan fingerprint density at radius 3 is 2.35 bits per heavy atom. The van der Waals surface area contributed by atoms with Crippen LogP contribution in [0.5, 0.6) is 0 Å². The average Bonchev–Trinajstić information content (AvgIpc) is 2.76. The maximum atomic E-state index is 12.1. The molecule has 0 aliphatic carbocycles. The maximum absolute atomic E-state index is 12.1. The van der Waals surface area contributed by atoms with Crippen LogP contribution in [0.1, 0.15) is 26.2 Å². The Balaban J connectivity index is 2.80. The van der Waals surface area contributed by atoms with Gasteiger partial charge in [-0.15, -0.1) is 0 Å². The number of ether oxygens (including phenoxy) is 1. The molecule has 0 N–H and O–H groups in total. The van der Waals surface area contributed by atoms with Crippen LogP contribution in [-0.4, -0.2) is 72.2 Å². The maximum Gasteiger partial charge on any atom is 0.410 e. The van der Waals surface area contributed by atoms with Crippen LogP contribution < -0.4 is 0 Å². The van der Waals surface area contributed by atoms with Gasteiger partial charge in [0, 0.05) is 6.54 Å². The van der Waals surface area contributed by atoms with Gasteiger partial charge in [-0.05, 0) is 12.8 Å². The van der Waals surface area contributed by atoms with Gasteiger partial charge < -0.3 is 9.64 Å². The lowest BCUT2D eigenvalue weighted by Gasteiger charge is -2.26. The van der Waals surface area contributed by atoms with Crippen LogP contribution in [-0.2, 0) is 33.3 Å². The van der Waals surface area contributed by atoms with Gasteiger partial charge in [0.25, 0.3) is 20.2 Å². The molecule has 1 fully saturated rings. The Labute approximate surface area is 137 Å². The summed E-state index contributed by atoms with van der Waals surface area (Å²) < 4.78 is 59.6. The quantitative estimate of drug-likeness (QED) is 0.441. The van der Waals surface area contributed by atoms with E-state index in [-0.39, 0.29) is 26.2 Å². The minimum absolute atomic E-state index is 0.197. The van der Waals surface area contributed by atoms with Crippen molar-refractivity contribution in [2.75, 3.05) is 32.3 Å². The first kappa shape index (κ1) is 20.1. The summed E-state index contributed by atoms with van der Waals surface area (Å²) in [5.41, 5.74) is 0. The highest BCUT2D eigenvalue weighted by atomic mass is 32.2. The van der Waals surface area contributed by atoms with E-state index in [1.54, 1.807) is 0 Å². The molecule has 1 rings (SSSR count). The van der Waals surface area contributed by atoms with Crippen molar-refractivity contribution in [3.63, 3.8) is 0 Å². The minimum Gasteiger partial charge on any atom is -0.449 e. The highest BCUT2D eigenvalue weighted by Gasteiger charge is 2.41. The number of nitrogens with zero attached hydrogens (tertiary/aromatic N) is 1. The minimum atomic E-state index is -3.75. The van der Waals surface area contributed by atoms with Crippen molar-refractivity contribution in [3.8, 4) is 0 Å². The highest BCUT2D eigenvalue weighted by Crippen LogP contribution is 2.24. The van der Waals surface area contributed by atoms with Crippen molar-refractivity contribution in [3.05, 3.63) is 0 Å². The lowest BCUT2D eigenvalue weighted by atomic mass is 10.2. The van der Waals surface area contributed by atoms with Gasteiger partial charge in [-0.3, -0.25) is 8.37 Å². The number of rotatable bonds is 8. The molecule has 0 bridgehead atoms. The van der Waals surface area contributed by atoms with E-state index in [1.807, 2.05) is 6.92 Å². The predicted octanol–water partition coefficient (Wildman–Crippen LogP) is 0.318. The molecule has 11 heteroatoms. The van der Waals surface area contributed by atoms with E-state index in [2.05, 4.69) is 0 Å². The standard InChI is InChI=1S/C12H23NO8S2/c1-4-5-8-19-12(14)13-7-6-11(21-23(3,17)18)10(13)9-20-22(2,15)16/h10-11H,4-9H2,1-3H3/t10-,11+/m1/s1. The van der Waals surface area contributed by atoms with Crippen LogP contribution in [0.4, 0.5) is 4.79 Å². The Hall–Kier alpha value is -0.910. The molecule has 0 unspecified atom stereocenters. The largest absolute Gasteiger partial charge is 0.449 e. The molecule has 136 valence electrons. The van der Waals surface area contributed by atoms with Gasteiger partial charge in [-0.1, -0.05) is 13.3 Å². The number of likely N-dealkylation sites (tertiary alicyclic amines) is 1. The zero-order valence-corrected chi connectivity index (χ0v) is 15.1. The third-order valence-electron chi connectivity index (χ3n) is 3.19. The molecule has 0 aromatic heterocycles. The first-order valence-corrected chi connectivity index (χ1v) is 10.8. The molecule has 1 heterocycles. The first-order chi connectivity index (χ1) is 10.5. The first-order valence-electron chi connectivity index (χ1n) is 7.19. The molecule has 0 aromatic carbocycles. The number of carbonyl (C=O) groups excluding carboxylic acids is 1. The number of hydrogen-bond donors (Lipinski definition) is 0. The zero-order chi connectivity index (χ0) is 17.7. The normalized spacial score (nSPS) is 22.3. The second-order valence-electron chi connectivity index (χ2n) is 5.34. The summed E-state index contributed by atoms with van der Waals surface area (Å²) in [5.74, 6) is 0.